The number of hydrogen-bond acceptors (Lipinski definition) is 28. The van der Waals surface area contributed by atoms with E-state index in [0.717, 1.165) is 11.1 Å². The number of ketones is 1. The zero-order valence-corrected chi connectivity index (χ0v) is 50.8. The quantitative estimate of drug-likeness (QED) is 0.0361. The smallest absolute Gasteiger partial charge is 0.394 e. The van der Waals surface area contributed by atoms with Crippen LogP contribution in [0.25, 0.3) is 0 Å². The number of allylic oxidation sites excluding steroid dienone is 4. The monoisotopic (exact) mass is 1270 g/mol. The molecule has 0 aromatic heterocycles. The molecule has 5 aliphatic heterocycles. The molecular formula is C57H92O29S. The summed E-state index contributed by atoms with van der Waals surface area (Å²) in [5.74, 6) is -1.31. The van der Waals surface area contributed by atoms with E-state index < -0.39 is 212 Å². The predicted octanol–water partition coefficient (Wildman–Crippen LogP) is -3.39. The molecule has 3 saturated carbocycles. The van der Waals surface area contributed by atoms with Crippen molar-refractivity contribution >= 4 is 16.2 Å². The van der Waals surface area contributed by atoms with E-state index in [1.54, 1.807) is 13.8 Å². The van der Waals surface area contributed by atoms with Crippen LogP contribution in [-0.4, -0.2) is 275 Å². The molecule has 4 aliphatic carbocycles. The van der Waals surface area contributed by atoms with Gasteiger partial charge in [0.15, 0.2) is 37.2 Å². The summed E-state index contributed by atoms with van der Waals surface area (Å²) in [7, 11) is -4.92. The molecule has 0 unspecified atom stereocenters. The average molecular weight is 1270 g/mol. The fourth-order valence-electron chi connectivity index (χ4n) is 15.6. The Bertz CT molecular complexity index is 2550. The van der Waals surface area contributed by atoms with Crippen molar-refractivity contribution in [2.75, 3.05) is 19.8 Å². The second kappa shape index (κ2) is 26.8. The summed E-state index contributed by atoms with van der Waals surface area (Å²) in [6.07, 6.45) is -39.8. The fourth-order valence-corrected chi connectivity index (χ4v) is 16.2. The summed E-state index contributed by atoms with van der Waals surface area (Å²) < 4.78 is 100. The molecule has 8 fully saturated rings. The number of hydrogen-bond donors (Lipinski definition) is 15. The van der Waals surface area contributed by atoms with Crippen molar-refractivity contribution in [2.24, 2.45) is 34.5 Å². The van der Waals surface area contributed by atoms with Crippen LogP contribution < -0.4 is 0 Å². The molecule has 0 bridgehead atoms. The predicted molar refractivity (Wildman–Crippen MR) is 292 cm³/mol. The molecule has 5 heterocycles. The average Bonchev–Trinajstić information content (AvgIpc) is 1.70. The van der Waals surface area contributed by atoms with Crippen LogP contribution in [0.1, 0.15) is 107 Å². The zero-order valence-electron chi connectivity index (χ0n) is 50.0. The first-order valence-electron chi connectivity index (χ1n) is 30.1. The summed E-state index contributed by atoms with van der Waals surface area (Å²) in [5, 5.41) is 156. The maximum absolute atomic E-state index is 13.5. The molecule has 29 nitrogen and oxygen atoms in total. The lowest BCUT2D eigenvalue weighted by Gasteiger charge is -2.60. The molecule has 0 aromatic rings. The van der Waals surface area contributed by atoms with Crippen LogP contribution in [0.15, 0.2) is 22.8 Å². The van der Waals surface area contributed by atoms with Gasteiger partial charge < -0.3 is 119 Å². The van der Waals surface area contributed by atoms with Crippen molar-refractivity contribution < 1.29 is 141 Å². The van der Waals surface area contributed by atoms with Gasteiger partial charge in [-0.2, -0.15) is 8.42 Å². The highest BCUT2D eigenvalue weighted by Crippen LogP contribution is 2.67. The van der Waals surface area contributed by atoms with Gasteiger partial charge in [0.05, 0.1) is 49.8 Å². The molecule has 0 amide bonds. The van der Waals surface area contributed by atoms with Gasteiger partial charge in [0.1, 0.15) is 104 Å². The largest absolute Gasteiger partial charge is 0.397 e. The van der Waals surface area contributed by atoms with Crippen LogP contribution >= 0.6 is 0 Å². The van der Waals surface area contributed by atoms with Gasteiger partial charge in [-0.3, -0.25) is 9.35 Å². The zero-order chi connectivity index (χ0) is 63.9. The normalized spacial score (nSPS) is 50.2. The van der Waals surface area contributed by atoms with Gasteiger partial charge in [0, 0.05) is 6.42 Å². The molecule has 87 heavy (non-hydrogen) atoms. The molecule has 0 radical (unpaired) electrons. The van der Waals surface area contributed by atoms with Crippen molar-refractivity contribution in [1.82, 2.24) is 0 Å². The molecule has 0 aromatic carbocycles. The fraction of sp³-hybridized carbons (Fsp3) is 0.912. The Morgan fingerprint density at radius 3 is 1.74 bits per heavy atom. The number of aliphatic hydroxyl groups excluding tert-OH is 13. The molecule has 9 aliphatic rings. The number of carbonyl (C=O) groups excluding carboxylic acids is 1. The molecule has 30 heteroatoms. The van der Waals surface area contributed by atoms with Crippen molar-refractivity contribution in [3.8, 4) is 0 Å². The van der Waals surface area contributed by atoms with Crippen LogP contribution in [0.4, 0.5) is 0 Å². The lowest BCUT2D eigenvalue weighted by molar-refractivity contribution is -0.399. The number of ether oxygens (including phenoxy) is 10. The molecule has 33 atom stereocenters. The third kappa shape index (κ3) is 13.6. The maximum Gasteiger partial charge on any atom is 0.397 e. The highest BCUT2D eigenvalue weighted by molar-refractivity contribution is 7.80. The Kier molecular flexibility index (Phi) is 21.4. The van der Waals surface area contributed by atoms with Gasteiger partial charge in [-0.05, 0) is 127 Å². The SMILES string of the molecule is CC(C)=C(C)C(=O)C[C@](C)(O)[C@H]1CC[C@H]2[C@@H]3C[C@H](O[C@@H]4O[C@H](CO)[C@@H](O)[C@H](O[C@@H]5OC[C@@H](O[C@@H]6O[C@H](CO)[C@H](O)[C@H](O)[C@H]6O[C@@H]6O[C@H](C)[C@@H](O)[C@H](O)[C@H]6O)[C@H](O)[C@H]5O[C@@H]5O[C@H](C)[C@@H](O)[C@H](O)[C@H]5O)[C@H]4O)[C@H]4C[C@@H](OS(=O)(=O)O)CC[C@]4(C)C3=CC[C@@]21C. The van der Waals surface area contributed by atoms with Crippen LogP contribution in [0.2, 0.25) is 0 Å². The first-order valence-corrected chi connectivity index (χ1v) is 31.5. The van der Waals surface area contributed by atoms with E-state index >= 15 is 0 Å². The lowest BCUT2D eigenvalue weighted by Crippen LogP contribution is -2.67. The Balaban J connectivity index is 0.997. The summed E-state index contributed by atoms with van der Waals surface area (Å²) in [5.41, 5.74) is -0.0689. The van der Waals surface area contributed by atoms with Crippen LogP contribution in [-0.2, 0) is 66.7 Å². The van der Waals surface area contributed by atoms with Crippen LogP contribution in [0, 0.1) is 34.5 Å². The number of Topliss-reactive ketones (excluding diaryl/α,β-unsaturated/α-hetero) is 1. The minimum absolute atomic E-state index is 0.0438. The first kappa shape index (κ1) is 69.4. The van der Waals surface area contributed by atoms with E-state index in [2.05, 4.69) is 13.0 Å². The highest BCUT2D eigenvalue weighted by atomic mass is 32.3. The Hall–Kier alpha value is -1.94. The Morgan fingerprint density at radius 1 is 0.621 bits per heavy atom. The third-order valence-corrected chi connectivity index (χ3v) is 21.3. The lowest BCUT2D eigenvalue weighted by atomic mass is 9.47. The van der Waals surface area contributed by atoms with E-state index in [9.17, 15) is 89.3 Å². The second-order valence-electron chi connectivity index (χ2n) is 26.6. The van der Waals surface area contributed by atoms with E-state index in [0.29, 0.717) is 31.3 Å². The molecule has 0 spiro atoms. The summed E-state index contributed by atoms with van der Waals surface area (Å²) in [4.78, 5) is 13.5. The molecule has 5 saturated heterocycles. The third-order valence-electron chi connectivity index (χ3n) is 20.8. The van der Waals surface area contributed by atoms with Crippen molar-refractivity contribution in [3.05, 3.63) is 22.8 Å². The van der Waals surface area contributed by atoms with Gasteiger partial charge >= 0.3 is 10.4 Å². The van der Waals surface area contributed by atoms with Crippen molar-refractivity contribution in [3.63, 3.8) is 0 Å². The Morgan fingerprint density at radius 2 is 1.16 bits per heavy atom. The number of rotatable bonds is 18. The van der Waals surface area contributed by atoms with Crippen LogP contribution in [0.5, 0.6) is 0 Å². The van der Waals surface area contributed by atoms with Gasteiger partial charge in [0.25, 0.3) is 0 Å². The highest BCUT2D eigenvalue weighted by Gasteiger charge is 2.64. The molecule has 9 rings (SSSR count). The van der Waals surface area contributed by atoms with Gasteiger partial charge in [-0.25, -0.2) is 4.18 Å². The molecule has 15 N–H and O–H groups in total. The van der Waals surface area contributed by atoms with E-state index in [1.165, 1.54) is 13.8 Å². The van der Waals surface area contributed by atoms with Crippen molar-refractivity contribution in [1.29, 1.82) is 0 Å². The van der Waals surface area contributed by atoms with E-state index in [-0.39, 0.29) is 49.2 Å². The maximum atomic E-state index is 13.5. The topological polar surface area (TPSA) is 456 Å². The first-order chi connectivity index (χ1) is 40.7. The van der Waals surface area contributed by atoms with Crippen molar-refractivity contribution in [2.45, 2.75) is 272 Å². The minimum atomic E-state index is -4.92. The number of fused-ring (bicyclic) bond motifs is 5. The number of carbonyl (C=O) groups is 1. The van der Waals surface area contributed by atoms with Gasteiger partial charge in [-0.1, -0.05) is 31.1 Å². The van der Waals surface area contributed by atoms with Gasteiger partial charge in [0.2, 0.25) is 0 Å². The second-order valence-corrected chi connectivity index (χ2v) is 27.6. The minimum Gasteiger partial charge on any atom is -0.394 e. The van der Waals surface area contributed by atoms with E-state index in [1.807, 2.05) is 20.8 Å². The van der Waals surface area contributed by atoms with Gasteiger partial charge in [-0.15, -0.1) is 0 Å². The summed E-state index contributed by atoms with van der Waals surface area (Å²) in [6, 6.07) is 0. The Labute approximate surface area is 504 Å². The molecule has 500 valence electrons. The van der Waals surface area contributed by atoms with Crippen LogP contribution in [0.3, 0.4) is 0 Å². The van der Waals surface area contributed by atoms with E-state index in [4.69, 9.17) is 51.6 Å². The summed E-state index contributed by atoms with van der Waals surface area (Å²) in [6.45, 7) is 11.5. The standard InChI is InChI=1S/C57H92O29S/c1-21(2)22(3)30(60)17-57(8,72)35-10-9-27-26-16-31(29-15-25(86-87(73,74)75)11-13-55(29,6)28(26)12-14-56(27,35)7)79-52-46(71)47(39(64)33(19-59)80-52)83-53-48(84-50-44(69)41(66)36(61)23(4)77-50)40(65)34(20-76-53)82-54-49(43(68)38(63)32(18-58)81-54)85-51-45(70)42(67)37(62)24(5)78-51/h12,23-27,29,31-54,58-59,61-72H,9-11,13-20H2,1-8H3,(H,73,74,75)/t23-,24-,25+,26+,27+,29-,31+,32-,33-,34-,35+,36-,37-,38+,39-,40+,41+,42+,43+,44-,45-,46-,47+,48-,49-,50+,51+,52-,53+,54+,55-,56+,57+/m1/s1. The molecular weight excluding hydrogens is 1180 g/mol. The number of aliphatic hydroxyl groups is 14. The summed E-state index contributed by atoms with van der Waals surface area (Å²) >= 11 is 0.